The van der Waals surface area contributed by atoms with Crippen molar-refractivity contribution >= 4 is 0 Å². The van der Waals surface area contributed by atoms with Crippen LogP contribution in [0.15, 0.2) is 43.0 Å². The molecular formula is C14H22ClN. The maximum atomic E-state index is 3.86. The summed E-state index contributed by atoms with van der Waals surface area (Å²) in [5, 5.41) is 0. The predicted octanol–water partition coefficient (Wildman–Crippen LogP) is 0.404. The summed E-state index contributed by atoms with van der Waals surface area (Å²) in [6.07, 6.45) is 3.05. The summed E-state index contributed by atoms with van der Waals surface area (Å²) in [6.45, 7) is 7.23. The standard InChI is InChI=1S/C14H22N.ClH/c1-5-10-14(15(3,4)6-2)13-11-8-7-9-12-13;/h5,7-9,11-12,14H,1,6,10H2,2-4H3;1H/q+1;/p-1. The molecule has 0 fully saturated rings. The molecular weight excluding hydrogens is 218 g/mol. The van der Waals surface area contributed by atoms with Crippen molar-refractivity contribution in [3.05, 3.63) is 48.6 Å². The van der Waals surface area contributed by atoms with Gasteiger partial charge in [-0.15, -0.1) is 6.58 Å². The highest BCUT2D eigenvalue weighted by atomic mass is 35.5. The fourth-order valence-electron chi connectivity index (χ4n) is 1.88. The Hall–Kier alpha value is -0.790. The molecule has 0 saturated heterocycles. The number of halogens is 1. The summed E-state index contributed by atoms with van der Waals surface area (Å²) in [7, 11) is 4.56. The molecule has 1 aromatic rings. The van der Waals surface area contributed by atoms with E-state index in [9.17, 15) is 0 Å². The molecule has 0 radical (unpaired) electrons. The molecule has 0 spiro atoms. The highest BCUT2D eigenvalue weighted by Crippen LogP contribution is 2.28. The Labute approximate surface area is 106 Å². The minimum Gasteiger partial charge on any atom is -1.00 e. The number of quaternary nitrogens is 1. The van der Waals surface area contributed by atoms with Gasteiger partial charge in [-0.05, 0) is 6.92 Å². The van der Waals surface area contributed by atoms with Gasteiger partial charge < -0.3 is 16.9 Å². The van der Waals surface area contributed by atoms with Gasteiger partial charge in [-0.2, -0.15) is 0 Å². The Kier molecular flexibility index (Phi) is 6.39. The summed E-state index contributed by atoms with van der Waals surface area (Å²) < 4.78 is 1.01. The lowest BCUT2D eigenvalue weighted by Gasteiger charge is -2.37. The molecule has 16 heavy (non-hydrogen) atoms. The van der Waals surface area contributed by atoms with Crippen LogP contribution in [-0.4, -0.2) is 25.1 Å². The van der Waals surface area contributed by atoms with E-state index >= 15 is 0 Å². The van der Waals surface area contributed by atoms with Gasteiger partial charge in [0.25, 0.3) is 0 Å². The van der Waals surface area contributed by atoms with E-state index in [-0.39, 0.29) is 12.4 Å². The minimum atomic E-state index is 0. The quantitative estimate of drug-likeness (QED) is 0.516. The first-order valence-corrected chi connectivity index (χ1v) is 5.60. The smallest absolute Gasteiger partial charge is 0.118 e. The summed E-state index contributed by atoms with van der Waals surface area (Å²) in [4.78, 5) is 0. The highest BCUT2D eigenvalue weighted by Gasteiger charge is 2.26. The Morgan fingerprint density at radius 2 is 1.81 bits per heavy atom. The molecule has 1 aromatic carbocycles. The maximum absolute atomic E-state index is 3.86. The Bertz CT molecular complexity index is 306. The second-order valence-corrected chi connectivity index (χ2v) is 4.55. The first-order valence-electron chi connectivity index (χ1n) is 5.60. The normalized spacial score (nSPS) is 12.7. The fraction of sp³-hybridized carbons (Fsp3) is 0.429. The molecule has 0 aliphatic carbocycles. The molecule has 0 heterocycles. The maximum Gasteiger partial charge on any atom is 0.118 e. The molecule has 90 valence electrons. The molecule has 0 aliphatic rings. The van der Waals surface area contributed by atoms with E-state index in [4.69, 9.17) is 0 Å². The van der Waals surface area contributed by atoms with Gasteiger partial charge in [-0.3, -0.25) is 0 Å². The van der Waals surface area contributed by atoms with Crippen LogP contribution in [0.1, 0.15) is 24.9 Å². The van der Waals surface area contributed by atoms with Crippen LogP contribution in [0.3, 0.4) is 0 Å². The minimum absolute atomic E-state index is 0. The van der Waals surface area contributed by atoms with Crippen LogP contribution in [0.5, 0.6) is 0 Å². The van der Waals surface area contributed by atoms with Crippen molar-refractivity contribution in [1.82, 2.24) is 0 Å². The second kappa shape index (κ2) is 6.72. The third kappa shape index (κ3) is 3.66. The van der Waals surface area contributed by atoms with Crippen LogP contribution >= 0.6 is 0 Å². The van der Waals surface area contributed by atoms with Crippen LogP contribution in [0.2, 0.25) is 0 Å². The van der Waals surface area contributed by atoms with E-state index in [0.29, 0.717) is 6.04 Å². The molecule has 1 atom stereocenters. The zero-order valence-corrected chi connectivity index (χ0v) is 11.2. The molecule has 1 rings (SSSR count). The van der Waals surface area contributed by atoms with Crippen LogP contribution in [-0.2, 0) is 0 Å². The zero-order valence-electron chi connectivity index (χ0n) is 10.5. The zero-order chi connectivity index (χ0) is 11.3. The molecule has 0 aromatic heterocycles. The van der Waals surface area contributed by atoms with Crippen molar-refractivity contribution in [2.24, 2.45) is 0 Å². The average Bonchev–Trinajstić information content (AvgIpc) is 2.27. The van der Waals surface area contributed by atoms with Gasteiger partial charge in [0.1, 0.15) is 6.04 Å². The van der Waals surface area contributed by atoms with E-state index in [1.807, 2.05) is 6.08 Å². The third-order valence-electron chi connectivity index (χ3n) is 3.23. The highest BCUT2D eigenvalue weighted by molar-refractivity contribution is 5.18. The SMILES string of the molecule is C=CCC(c1ccccc1)[N+](C)(C)CC.[Cl-]. The lowest BCUT2D eigenvalue weighted by molar-refractivity contribution is -0.919. The van der Waals surface area contributed by atoms with Gasteiger partial charge in [0.2, 0.25) is 0 Å². The number of rotatable bonds is 5. The summed E-state index contributed by atoms with van der Waals surface area (Å²) >= 11 is 0. The Morgan fingerprint density at radius 3 is 2.25 bits per heavy atom. The number of benzene rings is 1. The van der Waals surface area contributed by atoms with Crippen molar-refractivity contribution in [1.29, 1.82) is 0 Å². The van der Waals surface area contributed by atoms with Crippen molar-refractivity contribution in [3.63, 3.8) is 0 Å². The monoisotopic (exact) mass is 239 g/mol. The Balaban J connectivity index is 0.00000225. The molecule has 1 unspecified atom stereocenters. The summed E-state index contributed by atoms with van der Waals surface area (Å²) in [5.74, 6) is 0. The first-order chi connectivity index (χ1) is 7.11. The molecule has 0 bridgehead atoms. The van der Waals surface area contributed by atoms with Gasteiger partial charge in [0.05, 0.1) is 20.6 Å². The molecule has 0 N–H and O–H groups in total. The predicted molar refractivity (Wildman–Crippen MR) is 66.6 cm³/mol. The van der Waals surface area contributed by atoms with Gasteiger partial charge in [0, 0.05) is 12.0 Å². The van der Waals surface area contributed by atoms with Crippen molar-refractivity contribution < 1.29 is 16.9 Å². The molecule has 0 aliphatic heterocycles. The van der Waals surface area contributed by atoms with E-state index < -0.39 is 0 Å². The lowest BCUT2D eigenvalue weighted by atomic mass is 10.0. The molecule has 0 saturated carbocycles. The van der Waals surface area contributed by atoms with E-state index in [1.54, 1.807) is 0 Å². The van der Waals surface area contributed by atoms with Crippen LogP contribution in [0, 0.1) is 0 Å². The van der Waals surface area contributed by atoms with Gasteiger partial charge in [0.15, 0.2) is 0 Å². The van der Waals surface area contributed by atoms with Crippen molar-refractivity contribution in [3.8, 4) is 0 Å². The first kappa shape index (κ1) is 15.2. The van der Waals surface area contributed by atoms with Crippen molar-refractivity contribution in [2.45, 2.75) is 19.4 Å². The van der Waals surface area contributed by atoms with E-state index in [2.05, 4.69) is 57.9 Å². The van der Waals surface area contributed by atoms with Gasteiger partial charge >= 0.3 is 0 Å². The van der Waals surface area contributed by atoms with Crippen molar-refractivity contribution in [2.75, 3.05) is 20.6 Å². The van der Waals surface area contributed by atoms with E-state index in [0.717, 1.165) is 17.4 Å². The Morgan fingerprint density at radius 1 is 1.25 bits per heavy atom. The fourth-order valence-corrected chi connectivity index (χ4v) is 1.88. The largest absolute Gasteiger partial charge is 1.00 e. The third-order valence-corrected chi connectivity index (χ3v) is 3.23. The second-order valence-electron chi connectivity index (χ2n) is 4.55. The van der Waals surface area contributed by atoms with E-state index in [1.165, 1.54) is 5.56 Å². The molecule has 0 amide bonds. The summed E-state index contributed by atoms with van der Waals surface area (Å²) in [5.41, 5.74) is 1.41. The average molecular weight is 240 g/mol. The molecule has 1 nitrogen and oxygen atoms in total. The lowest BCUT2D eigenvalue weighted by Crippen LogP contribution is -3.00. The summed E-state index contributed by atoms with van der Waals surface area (Å²) in [6, 6.07) is 11.2. The van der Waals surface area contributed by atoms with Crippen LogP contribution in [0.25, 0.3) is 0 Å². The van der Waals surface area contributed by atoms with Crippen LogP contribution < -0.4 is 12.4 Å². The van der Waals surface area contributed by atoms with Gasteiger partial charge in [-0.1, -0.05) is 36.4 Å². The number of hydrogen-bond acceptors (Lipinski definition) is 0. The topological polar surface area (TPSA) is 0 Å². The number of nitrogens with zero attached hydrogens (tertiary/aromatic N) is 1. The van der Waals surface area contributed by atoms with Gasteiger partial charge in [-0.25, -0.2) is 0 Å². The molecule has 2 heteroatoms. The number of hydrogen-bond donors (Lipinski definition) is 0. The van der Waals surface area contributed by atoms with Crippen LogP contribution in [0.4, 0.5) is 0 Å².